The summed E-state index contributed by atoms with van der Waals surface area (Å²) in [5.41, 5.74) is 0. The van der Waals surface area contributed by atoms with E-state index in [-0.39, 0.29) is 18.0 Å². The van der Waals surface area contributed by atoms with Gasteiger partial charge in [0.25, 0.3) is 0 Å². The number of hydrogen-bond acceptors (Lipinski definition) is 2. The maximum atomic E-state index is 11.7. The first kappa shape index (κ1) is 11.2. The van der Waals surface area contributed by atoms with Gasteiger partial charge in [-0.15, -0.1) is 0 Å². The smallest absolute Gasteiger partial charge is 0.223 e. The second kappa shape index (κ2) is 5.14. The Balaban J connectivity index is 2.57. The molecule has 0 aromatic heterocycles. The van der Waals surface area contributed by atoms with Crippen LogP contribution in [0.3, 0.4) is 0 Å². The van der Waals surface area contributed by atoms with Gasteiger partial charge in [-0.1, -0.05) is 22.6 Å². The molecule has 0 saturated carbocycles. The summed E-state index contributed by atoms with van der Waals surface area (Å²) in [6, 6.07) is 0.471. The Hall–Kier alpha value is 0.160. The number of halogens is 1. The first-order valence-corrected chi connectivity index (χ1v) is 6.14. The third kappa shape index (κ3) is 2.80. The quantitative estimate of drug-likeness (QED) is 0.570. The zero-order valence-corrected chi connectivity index (χ0v) is 10.3. The van der Waals surface area contributed by atoms with E-state index in [1.807, 2.05) is 18.7 Å². The maximum absolute atomic E-state index is 11.7. The summed E-state index contributed by atoms with van der Waals surface area (Å²) in [4.78, 5) is 13.6. The van der Waals surface area contributed by atoms with Crippen LogP contribution < -0.4 is 0 Å². The number of rotatable bonds is 2. The molecule has 4 heteroatoms. The fourth-order valence-electron chi connectivity index (χ4n) is 1.71. The number of ether oxygens (including phenoxy) is 1. The van der Waals surface area contributed by atoms with E-state index in [2.05, 4.69) is 22.6 Å². The van der Waals surface area contributed by atoms with Gasteiger partial charge >= 0.3 is 0 Å². The minimum atomic E-state index is 0.235. The van der Waals surface area contributed by atoms with Gasteiger partial charge in [-0.25, -0.2) is 0 Å². The number of amides is 1. The third-order valence-electron chi connectivity index (χ3n) is 2.26. The average Bonchev–Trinajstić information content (AvgIpc) is 2.04. The molecule has 2 unspecified atom stereocenters. The largest absolute Gasteiger partial charge is 0.377 e. The lowest BCUT2D eigenvalue weighted by Gasteiger charge is -2.38. The highest BCUT2D eigenvalue weighted by Gasteiger charge is 2.28. The van der Waals surface area contributed by atoms with E-state index in [0.717, 1.165) is 4.43 Å². The Morgan fingerprint density at radius 2 is 2.00 bits per heavy atom. The average molecular weight is 297 g/mol. The molecule has 0 aliphatic carbocycles. The summed E-state index contributed by atoms with van der Waals surface area (Å²) >= 11 is 2.23. The van der Waals surface area contributed by atoms with Crippen molar-refractivity contribution < 1.29 is 9.53 Å². The number of hydrogen-bond donors (Lipinski definition) is 0. The lowest BCUT2D eigenvalue weighted by Crippen LogP contribution is -2.52. The van der Waals surface area contributed by atoms with E-state index in [1.165, 1.54) is 0 Å². The van der Waals surface area contributed by atoms with Crippen molar-refractivity contribution in [2.45, 2.75) is 32.4 Å². The fraction of sp³-hybridized carbons (Fsp3) is 0.889. The van der Waals surface area contributed by atoms with E-state index >= 15 is 0 Å². The Labute approximate surface area is 92.9 Å². The minimum Gasteiger partial charge on any atom is -0.377 e. The van der Waals surface area contributed by atoms with Crippen molar-refractivity contribution in [3.8, 4) is 0 Å². The van der Waals surface area contributed by atoms with Crippen LogP contribution in [0.5, 0.6) is 0 Å². The van der Waals surface area contributed by atoms with Gasteiger partial charge in [0, 0.05) is 10.8 Å². The standard InChI is InChI=1S/C9H16INO2/c1-7-5-13-6-8(2)11(7)9(12)3-4-10/h7-8H,3-6H2,1-2H3. The van der Waals surface area contributed by atoms with E-state index in [1.54, 1.807) is 0 Å². The summed E-state index contributed by atoms with van der Waals surface area (Å²) in [6.45, 7) is 5.44. The first-order valence-electron chi connectivity index (χ1n) is 4.61. The molecule has 0 spiro atoms. The Bertz CT molecular complexity index is 176. The van der Waals surface area contributed by atoms with Crippen LogP contribution in [0.15, 0.2) is 0 Å². The van der Waals surface area contributed by atoms with Gasteiger partial charge in [0.05, 0.1) is 25.3 Å². The van der Waals surface area contributed by atoms with Gasteiger partial charge in [-0.3, -0.25) is 4.79 Å². The molecule has 0 bridgehead atoms. The van der Waals surface area contributed by atoms with Gasteiger partial charge in [-0.2, -0.15) is 0 Å². The number of carbonyl (C=O) groups is 1. The van der Waals surface area contributed by atoms with Crippen LogP contribution in [-0.2, 0) is 9.53 Å². The second-order valence-electron chi connectivity index (χ2n) is 3.48. The van der Waals surface area contributed by atoms with Crippen LogP contribution >= 0.6 is 22.6 Å². The highest BCUT2D eigenvalue weighted by molar-refractivity contribution is 14.1. The zero-order valence-electron chi connectivity index (χ0n) is 8.12. The normalized spacial score (nSPS) is 29.0. The molecule has 1 amide bonds. The van der Waals surface area contributed by atoms with Gasteiger partial charge in [-0.05, 0) is 13.8 Å². The second-order valence-corrected chi connectivity index (χ2v) is 4.55. The number of morpholine rings is 1. The third-order valence-corrected chi connectivity index (χ3v) is 2.80. The highest BCUT2D eigenvalue weighted by Crippen LogP contribution is 2.14. The molecule has 1 aliphatic rings. The van der Waals surface area contributed by atoms with Crippen LogP contribution in [0.4, 0.5) is 0 Å². The Morgan fingerprint density at radius 3 is 2.46 bits per heavy atom. The summed E-state index contributed by atoms with van der Waals surface area (Å²) in [5.74, 6) is 0.262. The molecule has 0 radical (unpaired) electrons. The van der Waals surface area contributed by atoms with Gasteiger partial charge in [0.2, 0.25) is 5.91 Å². The topological polar surface area (TPSA) is 29.5 Å². The van der Waals surface area contributed by atoms with Crippen LogP contribution in [0.2, 0.25) is 0 Å². The molecule has 0 aromatic rings. The van der Waals surface area contributed by atoms with Crippen molar-refractivity contribution in [2.24, 2.45) is 0 Å². The fourth-order valence-corrected chi connectivity index (χ4v) is 2.17. The molecule has 1 aliphatic heterocycles. The number of alkyl halides is 1. The van der Waals surface area contributed by atoms with E-state index < -0.39 is 0 Å². The van der Waals surface area contributed by atoms with E-state index in [0.29, 0.717) is 19.6 Å². The predicted octanol–water partition coefficient (Wildman–Crippen LogP) is 1.45. The maximum Gasteiger partial charge on any atom is 0.223 e. The molecule has 0 N–H and O–H groups in total. The summed E-state index contributed by atoms with van der Waals surface area (Å²) < 4.78 is 6.25. The molecule has 0 aromatic carbocycles. The van der Waals surface area contributed by atoms with Crippen molar-refractivity contribution in [1.82, 2.24) is 4.90 Å². The molecule has 1 heterocycles. The van der Waals surface area contributed by atoms with Crippen molar-refractivity contribution >= 4 is 28.5 Å². The van der Waals surface area contributed by atoms with Crippen LogP contribution in [-0.4, -0.2) is 40.5 Å². The Kier molecular flexibility index (Phi) is 4.45. The molecular formula is C9H16INO2. The lowest BCUT2D eigenvalue weighted by atomic mass is 10.1. The number of carbonyl (C=O) groups excluding carboxylic acids is 1. The molecule has 13 heavy (non-hydrogen) atoms. The Morgan fingerprint density at radius 1 is 1.46 bits per heavy atom. The SMILES string of the molecule is CC1COCC(C)N1C(=O)CCI. The highest BCUT2D eigenvalue weighted by atomic mass is 127. The van der Waals surface area contributed by atoms with Crippen LogP contribution in [0.25, 0.3) is 0 Å². The molecular weight excluding hydrogens is 281 g/mol. The lowest BCUT2D eigenvalue weighted by molar-refractivity contribution is -0.143. The van der Waals surface area contributed by atoms with Crippen molar-refractivity contribution in [3.05, 3.63) is 0 Å². The van der Waals surface area contributed by atoms with Crippen molar-refractivity contribution in [2.75, 3.05) is 17.6 Å². The summed E-state index contributed by atoms with van der Waals surface area (Å²) in [6.07, 6.45) is 0.648. The molecule has 3 nitrogen and oxygen atoms in total. The molecule has 2 atom stereocenters. The van der Waals surface area contributed by atoms with E-state index in [9.17, 15) is 4.79 Å². The predicted molar refractivity (Wildman–Crippen MR) is 60.1 cm³/mol. The van der Waals surface area contributed by atoms with Crippen LogP contribution in [0, 0.1) is 0 Å². The molecule has 76 valence electrons. The molecule has 1 rings (SSSR count). The zero-order chi connectivity index (χ0) is 9.84. The van der Waals surface area contributed by atoms with E-state index in [4.69, 9.17) is 4.74 Å². The van der Waals surface area contributed by atoms with Crippen LogP contribution in [0.1, 0.15) is 20.3 Å². The van der Waals surface area contributed by atoms with Crippen molar-refractivity contribution in [1.29, 1.82) is 0 Å². The molecule has 1 fully saturated rings. The van der Waals surface area contributed by atoms with Gasteiger partial charge in [0.15, 0.2) is 0 Å². The minimum absolute atomic E-state index is 0.235. The van der Waals surface area contributed by atoms with Crippen molar-refractivity contribution in [3.63, 3.8) is 0 Å². The summed E-state index contributed by atoms with van der Waals surface area (Å²) in [5, 5.41) is 0. The first-order chi connectivity index (χ1) is 6.16. The summed E-state index contributed by atoms with van der Waals surface area (Å²) in [7, 11) is 0. The van der Waals surface area contributed by atoms with Gasteiger partial charge in [0.1, 0.15) is 0 Å². The van der Waals surface area contributed by atoms with Gasteiger partial charge < -0.3 is 9.64 Å². The monoisotopic (exact) mass is 297 g/mol. The molecule has 1 saturated heterocycles. The number of nitrogens with zero attached hydrogens (tertiary/aromatic N) is 1.